The van der Waals surface area contributed by atoms with Crippen molar-refractivity contribution in [2.75, 3.05) is 0 Å². The average molecular weight is 253 g/mol. The Morgan fingerprint density at radius 2 is 1.94 bits per heavy atom. The lowest BCUT2D eigenvalue weighted by Gasteiger charge is -2.08. The summed E-state index contributed by atoms with van der Waals surface area (Å²) in [5.74, 6) is -2.33. The number of carbonyl (C=O) groups is 2. The van der Waals surface area contributed by atoms with Crippen molar-refractivity contribution in [3.63, 3.8) is 0 Å². The third kappa shape index (κ3) is 3.97. The molecule has 0 unspecified atom stereocenters. The van der Waals surface area contributed by atoms with Crippen LogP contribution in [0.2, 0.25) is 0 Å². The third-order valence-electron chi connectivity index (χ3n) is 2.02. The van der Waals surface area contributed by atoms with Crippen LogP contribution >= 0.6 is 0 Å². The van der Waals surface area contributed by atoms with E-state index in [2.05, 4.69) is 5.32 Å². The summed E-state index contributed by atoms with van der Waals surface area (Å²) in [6.07, 6.45) is -0.360. The van der Waals surface area contributed by atoms with Crippen molar-refractivity contribution in [3.8, 4) is 11.5 Å². The standard InChI is InChI=1S/C12H15NO5/c1-7(2)18-12(17)11(16)13-6-8-3-4-9(14)10(15)5-8/h3-5,7,14-15H,6H2,1-2H3,(H,13,16). The topological polar surface area (TPSA) is 95.9 Å². The van der Waals surface area contributed by atoms with Crippen LogP contribution in [0.4, 0.5) is 0 Å². The Bertz CT molecular complexity index is 456. The largest absolute Gasteiger partial charge is 0.504 e. The van der Waals surface area contributed by atoms with Crippen LogP contribution in [0.3, 0.4) is 0 Å². The summed E-state index contributed by atoms with van der Waals surface area (Å²) in [4.78, 5) is 22.5. The van der Waals surface area contributed by atoms with Gasteiger partial charge in [0.2, 0.25) is 0 Å². The molecular formula is C12H15NO5. The Balaban J connectivity index is 2.52. The molecule has 3 N–H and O–H groups in total. The highest BCUT2D eigenvalue weighted by Crippen LogP contribution is 2.24. The highest BCUT2D eigenvalue weighted by atomic mass is 16.5. The van der Waals surface area contributed by atoms with Crippen LogP contribution in [0.15, 0.2) is 18.2 Å². The van der Waals surface area contributed by atoms with E-state index in [1.165, 1.54) is 18.2 Å². The number of amides is 1. The van der Waals surface area contributed by atoms with Gasteiger partial charge in [0.05, 0.1) is 6.10 Å². The number of hydrogen-bond donors (Lipinski definition) is 3. The average Bonchev–Trinajstić information content (AvgIpc) is 2.29. The number of hydrogen-bond acceptors (Lipinski definition) is 5. The fourth-order valence-electron chi connectivity index (χ4n) is 1.20. The van der Waals surface area contributed by atoms with Crippen LogP contribution in [0.1, 0.15) is 19.4 Å². The molecule has 1 rings (SSSR count). The van der Waals surface area contributed by atoms with Crippen molar-refractivity contribution < 1.29 is 24.5 Å². The molecule has 0 spiro atoms. The van der Waals surface area contributed by atoms with Crippen molar-refractivity contribution in [2.24, 2.45) is 0 Å². The van der Waals surface area contributed by atoms with E-state index in [0.717, 1.165) is 0 Å². The molecule has 0 saturated carbocycles. The number of carbonyl (C=O) groups excluding carboxylic acids is 2. The molecule has 6 heteroatoms. The molecule has 0 aliphatic rings. The minimum absolute atomic E-state index is 0.0554. The lowest BCUT2D eigenvalue weighted by Crippen LogP contribution is -2.33. The van der Waals surface area contributed by atoms with Crippen LogP contribution in [-0.4, -0.2) is 28.2 Å². The van der Waals surface area contributed by atoms with Gasteiger partial charge < -0.3 is 20.3 Å². The second-order valence-corrected chi connectivity index (χ2v) is 3.96. The number of phenolic OH excluding ortho intramolecular Hbond substituents is 2. The third-order valence-corrected chi connectivity index (χ3v) is 2.02. The second-order valence-electron chi connectivity index (χ2n) is 3.96. The molecule has 6 nitrogen and oxygen atoms in total. The van der Waals surface area contributed by atoms with E-state index in [0.29, 0.717) is 5.56 Å². The molecule has 0 aliphatic heterocycles. The van der Waals surface area contributed by atoms with Gasteiger partial charge in [-0.15, -0.1) is 0 Å². The number of esters is 1. The summed E-state index contributed by atoms with van der Waals surface area (Å²) >= 11 is 0. The van der Waals surface area contributed by atoms with Crippen LogP contribution in [-0.2, 0) is 20.9 Å². The Kier molecular flexibility index (Phi) is 4.53. The summed E-state index contributed by atoms with van der Waals surface area (Å²) in [5.41, 5.74) is 0.552. The number of aromatic hydroxyl groups is 2. The first-order valence-electron chi connectivity index (χ1n) is 5.40. The van der Waals surface area contributed by atoms with Gasteiger partial charge in [0.1, 0.15) is 0 Å². The molecule has 1 amide bonds. The molecule has 0 radical (unpaired) electrons. The van der Waals surface area contributed by atoms with Gasteiger partial charge in [-0.1, -0.05) is 6.07 Å². The smallest absolute Gasteiger partial charge is 0.397 e. The van der Waals surface area contributed by atoms with E-state index < -0.39 is 11.9 Å². The van der Waals surface area contributed by atoms with E-state index in [1.54, 1.807) is 13.8 Å². The monoisotopic (exact) mass is 253 g/mol. The Hall–Kier alpha value is -2.24. The number of rotatable bonds is 3. The van der Waals surface area contributed by atoms with Crippen LogP contribution in [0.5, 0.6) is 11.5 Å². The highest BCUT2D eigenvalue weighted by molar-refractivity contribution is 6.32. The quantitative estimate of drug-likeness (QED) is 0.418. The molecule has 0 aliphatic carbocycles. The molecule has 0 fully saturated rings. The first-order chi connectivity index (χ1) is 8.40. The first-order valence-corrected chi connectivity index (χ1v) is 5.40. The SMILES string of the molecule is CC(C)OC(=O)C(=O)NCc1ccc(O)c(O)c1. The molecule has 0 saturated heterocycles. The molecule has 0 atom stereocenters. The zero-order valence-electron chi connectivity index (χ0n) is 10.1. The summed E-state index contributed by atoms with van der Waals surface area (Å²) in [6.45, 7) is 3.34. The maximum absolute atomic E-state index is 11.3. The van der Waals surface area contributed by atoms with Gasteiger partial charge in [0, 0.05) is 6.54 Å². The van der Waals surface area contributed by atoms with Gasteiger partial charge in [-0.3, -0.25) is 4.79 Å². The predicted molar refractivity (Wildman–Crippen MR) is 62.8 cm³/mol. The first kappa shape index (κ1) is 13.8. The maximum Gasteiger partial charge on any atom is 0.397 e. The Morgan fingerprint density at radius 1 is 1.28 bits per heavy atom. The number of phenols is 2. The fraction of sp³-hybridized carbons (Fsp3) is 0.333. The maximum atomic E-state index is 11.3. The summed E-state index contributed by atoms with van der Waals surface area (Å²) in [7, 11) is 0. The van der Waals surface area contributed by atoms with Gasteiger partial charge in [0.25, 0.3) is 0 Å². The van der Waals surface area contributed by atoms with E-state index in [-0.39, 0.29) is 24.1 Å². The van der Waals surface area contributed by atoms with E-state index in [9.17, 15) is 14.7 Å². The number of benzene rings is 1. The molecule has 0 heterocycles. The van der Waals surface area contributed by atoms with Crippen LogP contribution < -0.4 is 5.32 Å². The van der Waals surface area contributed by atoms with E-state index in [4.69, 9.17) is 9.84 Å². The van der Waals surface area contributed by atoms with E-state index in [1.807, 2.05) is 0 Å². The van der Waals surface area contributed by atoms with Crippen molar-refractivity contribution in [1.82, 2.24) is 5.32 Å². The summed E-state index contributed by atoms with van der Waals surface area (Å²) in [5, 5.41) is 20.7. The predicted octanol–water partition coefficient (Wildman–Crippen LogP) is 0.666. The zero-order chi connectivity index (χ0) is 13.7. The van der Waals surface area contributed by atoms with Crippen LogP contribution in [0.25, 0.3) is 0 Å². The van der Waals surface area contributed by atoms with Gasteiger partial charge in [-0.05, 0) is 31.5 Å². The lowest BCUT2D eigenvalue weighted by molar-refractivity contribution is -0.157. The van der Waals surface area contributed by atoms with Crippen molar-refractivity contribution in [2.45, 2.75) is 26.5 Å². The van der Waals surface area contributed by atoms with Gasteiger partial charge in [0.15, 0.2) is 11.5 Å². The molecule has 0 bridgehead atoms. The minimum Gasteiger partial charge on any atom is -0.504 e. The molecule has 98 valence electrons. The lowest BCUT2D eigenvalue weighted by atomic mass is 10.2. The van der Waals surface area contributed by atoms with Crippen LogP contribution in [0, 0.1) is 0 Å². The zero-order valence-corrected chi connectivity index (χ0v) is 10.1. The van der Waals surface area contributed by atoms with Crippen molar-refractivity contribution >= 4 is 11.9 Å². The number of nitrogens with one attached hydrogen (secondary N) is 1. The molecule has 1 aromatic rings. The van der Waals surface area contributed by atoms with E-state index >= 15 is 0 Å². The van der Waals surface area contributed by atoms with Gasteiger partial charge in [-0.2, -0.15) is 0 Å². The molecule has 18 heavy (non-hydrogen) atoms. The fourth-order valence-corrected chi connectivity index (χ4v) is 1.20. The van der Waals surface area contributed by atoms with Gasteiger partial charge >= 0.3 is 11.9 Å². The second kappa shape index (κ2) is 5.90. The summed E-state index contributed by atoms with van der Waals surface area (Å²) in [6, 6.07) is 4.11. The summed E-state index contributed by atoms with van der Waals surface area (Å²) < 4.78 is 4.70. The minimum atomic E-state index is -0.951. The Morgan fingerprint density at radius 3 is 2.50 bits per heavy atom. The van der Waals surface area contributed by atoms with Gasteiger partial charge in [-0.25, -0.2) is 4.79 Å². The molecule has 0 aromatic heterocycles. The van der Waals surface area contributed by atoms with Crippen molar-refractivity contribution in [3.05, 3.63) is 23.8 Å². The highest BCUT2D eigenvalue weighted by Gasteiger charge is 2.16. The molecular weight excluding hydrogens is 238 g/mol. The van der Waals surface area contributed by atoms with Crippen molar-refractivity contribution in [1.29, 1.82) is 0 Å². The Labute approximate surface area is 104 Å². The molecule has 1 aromatic carbocycles. The normalized spacial score (nSPS) is 10.2. The number of ether oxygens (including phenoxy) is 1.